The predicted octanol–water partition coefficient (Wildman–Crippen LogP) is 1.58. The van der Waals surface area contributed by atoms with Gasteiger partial charge >= 0.3 is 5.97 Å². The zero-order valence-corrected chi connectivity index (χ0v) is 12.5. The van der Waals surface area contributed by atoms with Crippen molar-refractivity contribution in [3.63, 3.8) is 0 Å². The van der Waals surface area contributed by atoms with Crippen molar-refractivity contribution in [2.24, 2.45) is 5.92 Å². The van der Waals surface area contributed by atoms with Gasteiger partial charge in [0, 0.05) is 19.6 Å². The molecule has 0 aromatic rings. The maximum absolute atomic E-state index is 11.7. The summed E-state index contributed by atoms with van der Waals surface area (Å²) in [6.07, 6.45) is 5.69. The fourth-order valence-corrected chi connectivity index (χ4v) is 2.91. The Morgan fingerprint density at radius 2 is 2.20 bits per heavy atom. The molecule has 1 aliphatic carbocycles. The minimum absolute atomic E-state index is 0.201. The van der Waals surface area contributed by atoms with Gasteiger partial charge in [-0.15, -0.1) is 0 Å². The third-order valence-electron chi connectivity index (χ3n) is 4.09. The highest BCUT2D eigenvalue weighted by atomic mass is 16.5. The number of ether oxygens (including phenoxy) is 3. The number of likely N-dealkylation sites (tertiary alicyclic amines) is 1. The smallest absolute Gasteiger partial charge is 0.313 e. The van der Waals surface area contributed by atoms with Crippen molar-refractivity contribution in [1.82, 2.24) is 4.90 Å². The van der Waals surface area contributed by atoms with Gasteiger partial charge in [-0.05, 0) is 38.4 Å². The van der Waals surface area contributed by atoms with Gasteiger partial charge in [-0.2, -0.15) is 0 Å². The molecule has 0 spiro atoms. The van der Waals surface area contributed by atoms with E-state index in [0.717, 1.165) is 31.1 Å². The number of hydrogen-bond acceptors (Lipinski definition) is 5. The Morgan fingerprint density at radius 1 is 1.35 bits per heavy atom. The Hall–Kier alpha value is -0.910. The van der Waals surface area contributed by atoms with E-state index in [1.807, 2.05) is 0 Å². The van der Waals surface area contributed by atoms with Crippen LogP contribution in [-0.4, -0.2) is 57.4 Å². The van der Waals surface area contributed by atoms with E-state index in [1.54, 1.807) is 7.11 Å². The molecule has 0 saturated carbocycles. The van der Waals surface area contributed by atoms with E-state index < -0.39 is 0 Å². The number of carbonyl (C=O) groups excluding carboxylic acids is 1. The first kappa shape index (κ1) is 15.5. The Labute approximate surface area is 120 Å². The van der Waals surface area contributed by atoms with Crippen LogP contribution in [-0.2, 0) is 19.0 Å². The van der Waals surface area contributed by atoms with Crippen LogP contribution in [0.1, 0.15) is 25.7 Å². The predicted molar refractivity (Wildman–Crippen MR) is 75.2 cm³/mol. The van der Waals surface area contributed by atoms with Crippen molar-refractivity contribution in [2.45, 2.75) is 31.7 Å². The Kier molecular flexibility index (Phi) is 6.01. The second kappa shape index (κ2) is 7.76. The number of likely N-dealkylation sites (N-methyl/N-ethyl adjacent to an activating group) is 1. The summed E-state index contributed by atoms with van der Waals surface area (Å²) in [7, 11) is 3.76. The summed E-state index contributed by atoms with van der Waals surface area (Å²) in [4.78, 5) is 14.1. The molecule has 1 saturated heterocycles. The average molecular weight is 283 g/mol. The lowest BCUT2D eigenvalue weighted by Crippen LogP contribution is -2.30. The molecule has 1 aliphatic heterocycles. The number of hydrogen-bond donors (Lipinski definition) is 0. The Balaban J connectivity index is 1.70. The molecule has 0 bridgehead atoms. The first-order valence-corrected chi connectivity index (χ1v) is 7.39. The second-order valence-corrected chi connectivity index (χ2v) is 5.52. The molecule has 2 aliphatic rings. The summed E-state index contributed by atoms with van der Waals surface area (Å²) in [5.41, 5.74) is 0. The summed E-state index contributed by atoms with van der Waals surface area (Å²) < 4.78 is 15.6. The van der Waals surface area contributed by atoms with Gasteiger partial charge < -0.3 is 14.2 Å². The highest BCUT2D eigenvalue weighted by molar-refractivity contribution is 5.70. The third-order valence-corrected chi connectivity index (χ3v) is 4.09. The maximum atomic E-state index is 11.7. The molecule has 114 valence electrons. The summed E-state index contributed by atoms with van der Waals surface area (Å²) in [5.74, 6) is 1.37. The fraction of sp³-hybridized carbons (Fsp3) is 0.800. The molecular weight excluding hydrogens is 258 g/mol. The van der Waals surface area contributed by atoms with Gasteiger partial charge in [-0.3, -0.25) is 9.69 Å². The molecule has 0 radical (unpaired) electrons. The maximum Gasteiger partial charge on any atom is 0.313 e. The van der Waals surface area contributed by atoms with Gasteiger partial charge in [0.05, 0.1) is 26.2 Å². The lowest BCUT2D eigenvalue weighted by molar-refractivity contribution is -0.141. The first-order valence-electron chi connectivity index (χ1n) is 7.39. The highest BCUT2D eigenvalue weighted by Crippen LogP contribution is 2.34. The van der Waals surface area contributed by atoms with Crippen LogP contribution < -0.4 is 0 Å². The van der Waals surface area contributed by atoms with Crippen LogP contribution >= 0.6 is 0 Å². The average Bonchev–Trinajstić information content (AvgIpc) is 2.80. The van der Waals surface area contributed by atoms with E-state index in [9.17, 15) is 4.79 Å². The van der Waals surface area contributed by atoms with E-state index in [-0.39, 0.29) is 5.97 Å². The zero-order chi connectivity index (χ0) is 14.4. The molecule has 2 rings (SSSR count). The number of carbonyl (C=O) groups is 1. The number of allylic oxidation sites excluding steroid dienone is 1. The molecule has 5 heteroatoms. The number of rotatable bonds is 7. The van der Waals surface area contributed by atoms with E-state index in [0.29, 0.717) is 32.3 Å². The van der Waals surface area contributed by atoms with Crippen molar-refractivity contribution in [3.8, 4) is 0 Å². The monoisotopic (exact) mass is 283 g/mol. The SMILES string of the molecule is COCCOCCC(=O)OC1=CC2C(CC1)CCN2C. The van der Waals surface area contributed by atoms with Crippen LogP contribution in [0.15, 0.2) is 11.8 Å². The molecule has 2 atom stereocenters. The first-order chi connectivity index (χ1) is 9.70. The van der Waals surface area contributed by atoms with E-state index in [4.69, 9.17) is 14.2 Å². The molecule has 1 fully saturated rings. The molecule has 0 aromatic carbocycles. The standard InChI is InChI=1S/C15H25NO4/c1-16-7-5-12-3-4-13(11-14(12)16)20-15(17)6-8-19-10-9-18-2/h11-12,14H,3-10H2,1-2H3. The van der Waals surface area contributed by atoms with Crippen LogP contribution in [0.25, 0.3) is 0 Å². The van der Waals surface area contributed by atoms with E-state index >= 15 is 0 Å². The van der Waals surface area contributed by atoms with Crippen LogP contribution in [0.3, 0.4) is 0 Å². The number of fused-ring (bicyclic) bond motifs is 1. The minimum Gasteiger partial charge on any atom is -0.431 e. The molecule has 0 aromatic heterocycles. The molecular formula is C15H25NO4. The summed E-state index contributed by atoms with van der Waals surface area (Å²) in [5, 5.41) is 0. The summed E-state index contributed by atoms with van der Waals surface area (Å²) in [6.45, 7) is 2.60. The van der Waals surface area contributed by atoms with Gasteiger partial charge in [0.15, 0.2) is 0 Å². The minimum atomic E-state index is -0.201. The zero-order valence-electron chi connectivity index (χ0n) is 12.5. The topological polar surface area (TPSA) is 48.0 Å². The molecule has 5 nitrogen and oxygen atoms in total. The van der Waals surface area contributed by atoms with E-state index in [1.165, 1.54) is 6.42 Å². The second-order valence-electron chi connectivity index (χ2n) is 5.52. The number of esters is 1. The molecule has 0 N–H and O–H groups in total. The van der Waals surface area contributed by atoms with Gasteiger partial charge in [0.25, 0.3) is 0 Å². The Bertz CT molecular complexity index is 356. The molecule has 0 amide bonds. The number of methoxy groups -OCH3 is 1. The van der Waals surface area contributed by atoms with Crippen LogP contribution in [0, 0.1) is 5.92 Å². The molecule has 2 unspecified atom stereocenters. The normalized spacial score (nSPS) is 26.2. The van der Waals surface area contributed by atoms with Gasteiger partial charge in [-0.1, -0.05) is 0 Å². The van der Waals surface area contributed by atoms with Crippen molar-refractivity contribution in [3.05, 3.63) is 11.8 Å². The highest BCUT2D eigenvalue weighted by Gasteiger charge is 2.33. The van der Waals surface area contributed by atoms with E-state index in [2.05, 4.69) is 18.0 Å². The van der Waals surface area contributed by atoms with Crippen molar-refractivity contribution < 1.29 is 19.0 Å². The van der Waals surface area contributed by atoms with Gasteiger partial charge in [0.2, 0.25) is 0 Å². The van der Waals surface area contributed by atoms with Crippen LogP contribution in [0.5, 0.6) is 0 Å². The van der Waals surface area contributed by atoms with Crippen molar-refractivity contribution >= 4 is 5.97 Å². The largest absolute Gasteiger partial charge is 0.431 e. The van der Waals surface area contributed by atoms with Gasteiger partial charge in [0.1, 0.15) is 5.76 Å². The molecule has 1 heterocycles. The lowest BCUT2D eigenvalue weighted by atomic mass is 9.89. The molecule has 20 heavy (non-hydrogen) atoms. The van der Waals surface area contributed by atoms with Crippen LogP contribution in [0.4, 0.5) is 0 Å². The Morgan fingerprint density at radius 3 is 3.00 bits per heavy atom. The van der Waals surface area contributed by atoms with Crippen molar-refractivity contribution in [1.29, 1.82) is 0 Å². The van der Waals surface area contributed by atoms with Crippen LogP contribution in [0.2, 0.25) is 0 Å². The number of nitrogens with zero attached hydrogens (tertiary/aromatic N) is 1. The van der Waals surface area contributed by atoms with Crippen molar-refractivity contribution in [2.75, 3.05) is 40.5 Å². The summed E-state index contributed by atoms with van der Waals surface area (Å²) >= 11 is 0. The lowest BCUT2D eigenvalue weighted by Gasteiger charge is -2.27. The summed E-state index contributed by atoms with van der Waals surface area (Å²) in [6, 6.07) is 0.449. The quantitative estimate of drug-likeness (QED) is 0.524. The third kappa shape index (κ3) is 4.30. The van der Waals surface area contributed by atoms with Gasteiger partial charge in [-0.25, -0.2) is 0 Å². The fourth-order valence-electron chi connectivity index (χ4n) is 2.91.